The highest BCUT2D eigenvalue weighted by Gasteiger charge is 2.24. The number of nitrogens with two attached hydrogens (primary N) is 1. The first-order valence-electron chi connectivity index (χ1n) is 6.22. The summed E-state index contributed by atoms with van der Waals surface area (Å²) in [6.45, 7) is 0.896. The van der Waals surface area contributed by atoms with Gasteiger partial charge in [0.15, 0.2) is 9.84 Å². The van der Waals surface area contributed by atoms with Crippen LogP contribution in [0.25, 0.3) is 0 Å². The highest BCUT2D eigenvalue weighted by atomic mass is 32.2. The molecule has 0 radical (unpaired) electrons. The first-order valence-corrected chi connectivity index (χ1v) is 7.87. The van der Waals surface area contributed by atoms with Crippen LogP contribution in [-0.4, -0.2) is 52.2 Å². The molecule has 0 aromatic heterocycles. The predicted octanol–water partition coefficient (Wildman–Crippen LogP) is 0.276. The number of ether oxygens (including phenoxy) is 1. The molecule has 112 valence electrons. The van der Waals surface area contributed by atoms with Gasteiger partial charge in [0.05, 0.1) is 7.11 Å². The Morgan fingerprint density at radius 1 is 1.35 bits per heavy atom. The van der Waals surface area contributed by atoms with Gasteiger partial charge in [0.25, 0.3) is 0 Å². The molecule has 2 N–H and O–H groups in total. The molecule has 0 spiro atoms. The largest absolute Gasteiger partial charge is 0.495 e. The Kier molecular flexibility index (Phi) is 5.97. The van der Waals surface area contributed by atoms with Gasteiger partial charge in [-0.3, -0.25) is 4.79 Å². The molecular formula is C13H20N2O4S. The Labute approximate surface area is 119 Å². The maximum Gasteiger partial charge on any atom is 0.237 e. The Hall–Kier alpha value is -1.60. The number of rotatable bonds is 7. The summed E-state index contributed by atoms with van der Waals surface area (Å²) in [6, 6.07) is 6.25. The van der Waals surface area contributed by atoms with Crippen LogP contribution in [0, 0.1) is 0 Å². The Morgan fingerprint density at radius 3 is 2.60 bits per heavy atom. The highest BCUT2D eigenvalue weighted by Crippen LogP contribution is 2.24. The molecule has 0 aliphatic carbocycles. The summed E-state index contributed by atoms with van der Waals surface area (Å²) >= 11 is 0. The van der Waals surface area contributed by atoms with Crippen molar-refractivity contribution < 1.29 is 17.9 Å². The van der Waals surface area contributed by atoms with E-state index in [0.717, 1.165) is 0 Å². The number of carbonyl (C=O) groups excluding carboxylic acids is 1. The van der Waals surface area contributed by atoms with Gasteiger partial charge in [-0.15, -0.1) is 0 Å². The van der Waals surface area contributed by atoms with E-state index in [4.69, 9.17) is 10.5 Å². The van der Waals surface area contributed by atoms with Crippen molar-refractivity contribution in [1.29, 1.82) is 0 Å². The summed E-state index contributed by atoms with van der Waals surface area (Å²) in [7, 11) is -0.762. The van der Waals surface area contributed by atoms with Crippen LogP contribution in [0.5, 0.6) is 5.75 Å². The van der Waals surface area contributed by atoms with Crippen LogP contribution < -0.4 is 10.5 Å². The maximum atomic E-state index is 12.2. The Balaban J connectivity index is 2.87. The van der Waals surface area contributed by atoms with Crippen LogP contribution in [0.1, 0.15) is 6.42 Å². The minimum Gasteiger partial charge on any atom is -0.495 e. The van der Waals surface area contributed by atoms with Crippen LogP contribution >= 0.6 is 0 Å². The molecule has 0 saturated carbocycles. The van der Waals surface area contributed by atoms with Gasteiger partial charge in [-0.25, -0.2) is 8.42 Å². The van der Waals surface area contributed by atoms with Crippen molar-refractivity contribution in [2.24, 2.45) is 5.73 Å². The third-order valence-electron chi connectivity index (χ3n) is 2.84. The van der Waals surface area contributed by atoms with Crippen molar-refractivity contribution in [2.75, 3.05) is 33.0 Å². The fourth-order valence-corrected chi connectivity index (χ4v) is 3.12. The van der Waals surface area contributed by atoms with Gasteiger partial charge in [-0.1, -0.05) is 12.1 Å². The van der Waals surface area contributed by atoms with Crippen molar-refractivity contribution in [3.05, 3.63) is 24.3 Å². The van der Waals surface area contributed by atoms with Gasteiger partial charge in [0, 0.05) is 13.6 Å². The van der Waals surface area contributed by atoms with E-state index in [1.165, 1.54) is 18.1 Å². The summed E-state index contributed by atoms with van der Waals surface area (Å²) in [4.78, 5) is 13.3. The fraction of sp³-hybridized carbons (Fsp3) is 0.462. The van der Waals surface area contributed by atoms with E-state index in [1.807, 2.05) is 0 Å². The zero-order valence-electron chi connectivity index (χ0n) is 11.7. The summed E-state index contributed by atoms with van der Waals surface area (Å²) in [5.74, 6) is -0.789. The lowest BCUT2D eigenvalue weighted by atomic mass is 10.3. The highest BCUT2D eigenvalue weighted by molar-refractivity contribution is 7.92. The Morgan fingerprint density at radius 2 is 2.00 bits per heavy atom. The van der Waals surface area contributed by atoms with E-state index in [0.29, 0.717) is 19.5 Å². The van der Waals surface area contributed by atoms with Crippen LogP contribution in [0.15, 0.2) is 29.2 Å². The third-order valence-corrected chi connectivity index (χ3v) is 4.48. The standard InChI is InChI=1S/C13H20N2O4S/c1-15(9-5-8-14)13(16)10-20(17,18)12-7-4-3-6-11(12)19-2/h3-4,6-7H,5,8-10,14H2,1-2H3. The summed E-state index contributed by atoms with van der Waals surface area (Å²) in [5.41, 5.74) is 5.36. The quantitative estimate of drug-likeness (QED) is 0.781. The number of para-hydroxylation sites is 1. The number of benzene rings is 1. The second kappa shape index (κ2) is 7.25. The van der Waals surface area contributed by atoms with E-state index in [9.17, 15) is 13.2 Å². The lowest BCUT2D eigenvalue weighted by molar-refractivity contribution is -0.127. The van der Waals surface area contributed by atoms with Gasteiger partial charge in [0.1, 0.15) is 16.4 Å². The normalized spacial score (nSPS) is 11.2. The van der Waals surface area contributed by atoms with Gasteiger partial charge < -0.3 is 15.4 Å². The van der Waals surface area contributed by atoms with Crippen LogP contribution in [0.2, 0.25) is 0 Å². The predicted molar refractivity (Wildman–Crippen MR) is 76.4 cm³/mol. The first kappa shape index (κ1) is 16.5. The number of sulfone groups is 1. The van der Waals surface area contributed by atoms with Crippen LogP contribution in [0.3, 0.4) is 0 Å². The smallest absolute Gasteiger partial charge is 0.237 e. The van der Waals surface area contributed by atoms with Crippen molar-refractivity contribution in [3.63, 3.8) is 0 Å². The molecule has 6 nitrogen and oxygen atoms in total. The van der Waals surface area contributed by atoms with Crippen molar-refractivity contribution >= 4 is 15.7 Å². The molecule has 0 fully saturated rings. The zero-order valence-corrected chi connectivity index (χ0v) is 12.5. The third kappa shape index (κ3) is 4.21. The van der Waals surface area contributed by atoms with E-state index >= 15 is 0 Å². The molecule has 7 heteroatoms. The molecule has 1 aromatic rings. The van der Waals surface area contributed by atoms with Crippen molar-refractivity contribution in [2.45, 2.75) is 11.3 Å². The summed E-state index contributed by atoms with van der Waals surface area (Å²) in [6.07, 6.45) is 0.636. The van der Waals surface area contributed by atoms with Gasteiger partial charge >= 0.3 is 0 Å². The number of amides is 1. The minimum absolute atomic E-state index is 0.0306. The van der Waals surface area contributed by atoms with Gasteiger partial charge in [-0.2, -0.15) is 0 Å². The number of carbonyl (C=O) groups is 1. The average Bonchev–Trinajstić information content (AvgIpc) is 2.44. The van der Waals surface area contributed by atoms with Crippen LogP contribution in [-0.2, 0) is 14.6 Å². The SMILES string of the molecule is COc1ccccc1S(=O)(=O)CC(=O)N(C)CCCN. The van der Waals surface area contributed by atoms with E-state index in [1.54, 1.807) is 25.2 Å². The number of methoxy groups -OCH3 is 1. The van der Waals surface area contributed by atoms with E-state index < -0.39 is 21.5 Å². The van der Waals surface area contributed by atoms with Crippen molar-refractivity contribution in [3.8, 4) is 5.75 Å². The maximum absolute atomic E-state index is 12.2. The lowest BCUT2D eigenvalue weighted by Gasteiger charge is -2.17. The molecule has 1 rings (SSSR count). The molecule has 0 unspecified atom stereocenters. The molecule has 0 bridgehead atoms. The van der Waals surface area contributed by atoms with Crippen molar-refractivity contribution in [1.82, 2.24) is 4.90 Å². The first-order chi connectivity index (χ1) is 9.42. The molecule has 1 aromatic carbocycles. The fourth-order valence-electron chi connectivity index (χ4n) is 1.68. The van der Waals surface area contributed by atoms with Crippen LogP contribution in [0.4, 0.5) is 0 Å². The molecule has 0 heterocycles. The minimum atomic E-state index is -3.72. The lowest BCUT2D eigenvalue weighted by Crippen LogP contribution is -2.34. The molecule has 1 amide bonds. The second-order valence-corrected chi connectivity index (χ2v) is 6.33. The average molecular weight is 300 g/mol. The second-order valence-electron chi connectivity index (χ2n) is 4.37. The number of hydrogen-bond acceptors (Lipinski definition) is 5. The Bertz CT molecular complexity index is 557. The van der Waals surface area contributed by atoms with E-state index in [-0.39, 0.29) is 10.6 Å². The molecule has 0 aliphatic heterocycles. The van der Waals surface area contributed by atoms with Gasteiger partial charge in [0.2, 0.25) is 5.91 Å². The molecule has 0 atom stereocenters. The zero-order chi connectivity index (χ0) is 15.2. The molecule has 20 heavy (non-hydrogen) atoms. The molecular weight excluding hydrogens is 280 g/mol. The molecule has 0 saturated heterocycles. The molecule has 0 aliphatic rings. The number of nitrogens with zero attached hydrogens (tertiary/aromatic N) is 1. The summed E-state index contributed by atoms with van der Waals surface area (Å²) in [5, 5.41) is 0. The number of hydrogen-bond donors (Lipinski definition) is 1. The van der Waals surface area contributed by atoms with E-state index in [2.05, 4.69) is 0 Å². The summed E-state index contributed by atoms with van der Waals surface area (Å²) < 4.78 is 29.5. The van der Waals surface area contributed by atoms with Gasteiger partial charge in [-0.05, 0) is 25.1 Å². The monoisotopic (exact) mass is 300 g/mol. The topological polar surface area (TPSA) is 89.7 Å².